The van der Waals surface area contributed by atoms with Gasteiger partial charge in [-0.25, -0.2) is 13.8 Å². The number of halogens is 2. The molecule has 1 amide bonds. The molecule has 1 heterocycles. The van der Waals surface area contributed by atoms with Crippen LogP contribution >= 0.6 is 11.3 Å². The Morgan fingerprint density at radius 2 is 1.97 bits per heavy atom. The zero-order valence-corrected chi connectivity index (χ0v) is 16.9. The van der Waals surface area contributed by atoms with Gasteiger partial charge in [-0.1, -0.05) is 6.07 Å². The number of methoxy groups -OCH3 is 2. The van der Waals surface area contributed by atoms with Crippen molar-refractivity contribution in [3.8, 4) is 28.1 Å². The minimum absolute atomic E-state index is 0.0925. The van der Waals surface area contributed by atoms with Crippen molar-refractivity contribution >= 4 is 17.2 Å². The Kier molecular flexibility index (Phi) is 6.59. The van der Waals surface area contributed by atoms with Crippen LogP contribution in [0.4, 0.5) is 8.78 Å². The van der Waals surface area contributed by atoms with Crippen LogP contribution in [-0.2, 0) is 11.2 Å². The van der Waals surface area contributed by atoms with E-state index in [0.717, 1.165) is 17.7 Å². The first-order valence-corrected chi connectivity index (χ1v) is 9.64. The summed E-state index contributed by atoms with van der Waals surface area (Å²) in [6.07, 6.45) is -0.0925. The molecule has 1 N–H and O–H groups in total. The normalized spacial score (nSPS) is 11.4. The van der Waals surface area contributed by atoms with Crippen molar-refractivity contribution in [3.05, 3.63) is 64.7 Å². The van der Waals surface area contributed by atoms with Crippen LogP contribution < -0.4 is 14.8 Å². The van der Waals surface area contributed by atoms with Crippen molar-refractivity contribution in [2.45, 2.75) is 12.5 Å². The fourth-order valence-electron chi connectivity index (χ4n) is 2.78. The number of nitrogens with zero attached hydrogens (tertiary/aromatic N) is 2. The highest BCUT2D eigenvalue weighted by Crippen LogP contribution is 2.33. The highest BCUT2D eigenvalue weighted by molar-refractivity contribution is 7.13. The lowest BCUT2D eigenvalue weighted by atomic mass is 10.1. The van der Waals surface area contributed by atoms with Crippen LogP contribution in [0.2, 0.25) is 0 Å². The van der Waals surface area contributed by atoms with Crippen molar-refractivity contribution in [1.29, 1.82) is 5.26 Å². The number of thiazole rings is 1. The number of ether oxygens (including phenoxy) is 2. The monoisotopic (exact) mass is 429 g/mol. The van der Waals surface area contributed by atoms with E-state index >= 15 is 0 Å². The van der Waals surface area contributed by atoms with Crippen LogP contribution in [0.3, 0.4) is 0 Å². The van der Waals surface area contributed by atoms with Crippen LogP contribution in [0, 0.1) is 23.0 Å². The third kappa shape index (κ3) is 4.72. The highest BCUT2D eigenvalue weighted by atomic mass is 32.1. The molecule has 0 aliphatic carbocycles. The van der Waals surface area contributed by atoms with Gasteiger partial charge in [0.05, 0.1) is 32.4 Å². The molecule has 1 unspecified atom stereocenters. The molecule has 3 rings (SSSR count). The molecule has 0 saturated heterocycles. The van der Waals surface area contributed by atoms with Gasteiger partial charge in [0.25, 0.3) is 0 Å². The van der Waals surface area contributed by atoms with E-state index < -0.39 is 23.6 Å². The molecule has 0 saturated carbocycles. The summed E-state index contributed by atoms with van der Waals surface area (Å²) < 4.78 is 37.5. The van der Waals surface area contributed by atoms with Crippen molar-refractivity contribution in [2.75, 3.05) is 14.2 Å². The minimum Gasteiger partial charge on any atom is -0.493 e. The smallest absolute Gasteiger partial charge is 0.227 e. The summed E-state index contributed by atoms with van der Waals surface area (Å²) in [7, 11) is 3.08. The number of rotatable bonds is 7. The molecule has 1 aromatic heterocycles. The highest BCUT2D eigenvalue weighted by Gasteiger charge is 2.19. The quantitative estimate of drug-likeness (QED) is 0.613. The summed E-state index contributed by atoms with van der Waals surface area (Å²) in [6.45, 7) is 0. The summed E-state index contributed by atoms with van der Waals surface area (Å²) in [5, 5.41) is 14.1. The molecule has 9 heteroatoms. The van der Waals surface area contributed by atoms with Crippen LogP contribution in [0.25, 0.3) is 10.6 Å². The lowest BCUT2D eigenvalue weighted by Gasteiger charge is -2.12. The second kappa shape index (κ2) is 9.33. The van der Waals surface area contributed by atoms with Crippen molar-refractivity contribution in [3.63, 3.8) is 0 Å². The van der Waals surface area contributed by atoms with Gasteiger partial charge in [0, 0.05) is 22.6 Å². The first-order valence-electron chi connectivity index (χ1n) is 8.76. The third-order valence-electron chi connectivity index (χ3n) is 4.23. The summed E-state index contributed by atoms with van der Waals surface area (Å²) >= 11 is 1.35. The molecular formula is C21H17F2N3O3S. The lowest BCUT2D eigenvalue weighted by Crippen LogP contribution is -2.29. The maximum atomic E-state index is 13.9. The fourth-order valence-corrected chi connectivity index (χ4v) is 3.60. The lowest BCUT2D eigenvalue weighted by molar-refractivity contribution is -0.120. The molecule has 0 bridgehead atoms. The molecule has 0 aliphatic rings. The van der Waals surface area contributed by atoms with E-state index in [1.54, 1.807) is 24.6 Å². The fraction of sp³-hybridized carbons (Fsp3) is 0.190. The molecule has 30 heavy (non-hydrogen) atoms. The second-order valence-corrected chi connectivity index (χ2v) is 7.04. The largest absolute Gasteiger partial charge is 0.493 e. The van der Waals surface area contributed by atoms with E-state index in [4.69, 9.17) is 9.47 Å². The standard InChI is InChI=1S/C21H17F2N3O3S/c1-28-18-6-3-12(7-19(18)29-2)21-25-14(11-30-21)9-20(27)26-17(10-24)15-5-4-13(22)8-16(15)23/h3-8,11,17H,9H2,1-2H3,(H,26,27). The van der Waals surface area contributed by atoms with Crippen molar-refractivity contribution in [2.24, 2.45) is 0 Å². The van der Waals surface area contributed by atoms with E-state index in [1.807, 2.05) is 12.1 Å². The number of carbonyl (C=O) groups is 1. The average Bonchev–Trinajstić information content (AvgIpc) is 3.20. The molecule has 0 aliphatic heterocycles. The molecular weight excluding hydrogens is 412 g/mol. The maximum Gasteiger partial charge on any atom is 0.227 e. The van der Waals surface area contributed by atoms with Gasteiger partial charge in [-0.05, 0) is 24.3 Å². The molecule has 1 atom stereocenters. The summed E-state index contributed by atoms with van der Waals surface area (Å²) in [6, 6.07) is 8.78. The number of hydrogen-bond donors (Lipinski definition) is 1. The van der Waals surface area contributed by atoms with E-state index in [-0.39, 0.29) is 12.0 Å². The van der Waals surface area contributed by atoms with Crippen molar-refractivity contribution < 1.29 is 23.0 Å². The van der Waals surface area contributed by atoms with Gasteiger partial charge < -0.3 is 14.8 Å². The SMILES string of the molecule is COc1ccc(-c2nc(CC(=O)NC(C#N)c3ccc(F)cc3F)cs2)cc1OC. The topological polar surface area (TPSA) is 84.2 Å². The number of benzene rings is 2. The molecule has 6 nitrogen and oxygen atoms in total. The Balaban J connectivity index is 1.71. The third-order valence-corrected chi connectivity index (χ3v) is 5.17. The zero-order valence-electron chi connectivity index (χ0n) is 16.1. The van der Waals surface area contributed by atoms with Crippen LogP contribution in [0.1, 0.15) is 17.3 Å². The van der Waals surface area contributed by atoms with Gasteiger partial charge in [0.15, 0.2) is 11.5 Å². The number of aromatic nitrogens is 1. The van der Waals surface area contributed by atoms with Crippen LogP contribution in [0.15, 0.2) is 41.8 Å². The Labute approximate surface area is 175 Å². The van der Waals surface area contributed by atoms with Gasteiger partial charge in [0.1, 0.15) is 22.7 Å². The Morgan fingerprint density at radius 3 is 2.63 bits per heavy atom. The van der Waals surface area contributed by atoms with Crippen LogP contribution in [-0.4, -0.2) is 25.1 Å². The van der Waals surface area contributed by atoms with Gasteiger partial charge in [-0.15, -0.1) is 11.3 Å². The number of amides is 1. The Bertz CT molecular complexity index is 1110. The zero-order chi connectivity index (χ0) is 21.7. The second-order valence-electron chi connectivity index (χ2n) is 6.19. The van der Waals surface area contributed by atoms with Crippen LogP contribution in [0.5, 0.6) is 11.5 Å². The van der Waals surface area contributed by atoms with Gasteiger partial charge >= 0.3 is 0 Å². The molecule has 0 fully saturated rings. The summed E-state index contributed by atoms with van der Waals surface area (Å²) in [4.78, 5) is 16.8. The Morgan fingerprint density at radius 1 is 1.20 bits per heavy atom. The molecule has 154 valence electrons. The first kappa shape index (κ1) is 21.2. The molecule has 2 aromatic carbocycles. The molecule has 0 spiro atoms. The summed E-state index contributed by atoms with van der Waals surface area (Å²) in [5.74, 6) is -1.01. The summed E-state index contributed by atoms with van der Waals surface area (Å²) in [5.41, 5.74) is 1.20. The van der Waals surface area contributed by atoms with Gasteiger partial charge in [0.2, 0.25) is 5.91 Å². The van der Waals surface area contributed by atoms with E-state index in [1.165, 1.54) is 18.4 Å². The molecule has 3 aromatic rings. The van der Waals surface area contributed by atoms with Crippen molar-refractivity contribution in [1.82, 2.24) is 10.3 Å². The first-order chi connectivity index (χ1) is 14.4. The predicted molar refractivity (Wildman–Crippen MR) is 107 cm³/mol. The molecule has 0 radical (unpaired) electrons. The van der Waals surface area contributed by atoms with E-state index in [2.05, 4.69) is 10.3 Å². The number of nitrogens with one attached hydrogen (secondary N) is 1. The Hall–Kier alpha value is -3.51. The number of carbonyl (C=O) groups excluding carboxylic acids is 1. The van der Waals surface area contributed by atoms with E-state index in [9.17, 15) is 18.8 Å². The number of nitriles is 1. The van der Waals surface area contributed by atoms with E-state index in [0.29, 0.717) is 28.3 Å². The predicted octanol–water partition coefficient (Wildman–Crippen LogP) is 4.03. The average molecular weight is 429 g/mol. The maximum absolute atomic E-state index is 13.9. The minimum atomic E-state index is -1.23. The number of hydrogen-bond acceptors (Lipinski definition) is 6. The van der Waals surface area contributed by atoms with Gasteiger partial charge in [-0.2, -0.15) is 5.26 Å². The van der Waals surface area contributed by atoms with Gasteiger partial charge in [-0.3, -0.25) is 4.79 Å².